The number of aromatic nitrogens is 1. The van der Waals surface area contributed by atoms with E-state index in [-0.39, 0.29) is 5.82 Å². The van der Waals surface area contributed by atoms with Crippen molar-refractivity contribution in [2.24, 2.45) is 12.5 Å². The fourth-order valence-corrected chi connectivity index (χ4v) is 3.91. The number of nitrogens with zero attached hydrogens (tertiary/aromatic N) is 3. The highest BCUT2D eigenvalue weighted by Gasteiger charge is 2.32. The van der Waals surface area contributed by atoms with E-state index in [1.807, 2.05) is 6.07 Å². The number of fused-ring (bicyclic) bond motifs is 1. The molecule has 3 nitrogen and oxygen atoms in total. The van der Waals surface area contributed by atoms with Crippen LogP contribution in [0.3, 0.4) is 0 Å². The Labute approximate surface area is 132 Å². The molecule has 22 heavy (non-hydrogen) atoms. The van der Waals surface area contributed by atoms with Crippen molar-refractivity contribution in [2.75, 3.05) is 33.7 Å². The predicted octanol–water partition coefficient (Wildman–Crippen LogP) is 3.09. The summed E-state index contributed by atoms with van der Waals surface area (Å²) < 4.78 is 15.5. The van der Waals surface area contributed by atoms with Gasteiger partial charge in [-0.3, -0.25) is 0 Å². The molecule has 0 aliphatic carbocycles. The van der Waals surface area contributed by atoms with E-state index in [0.717, 1.165) is 30.5 Å². The topological polar surface area (TPSA) is 11.4 Å². The summed E-state index contributed by atoms with van der Waals surface area (Å²) in [4.78, 5) is 4.80. The van der Waals surface area contributed by atoms with Crippen LogP contribution < -0.4 is 0 Å². The lowest BCUT2D eigenvalue weighted by Crippen LogP contribution is -2.35. The Bertz CT molecular complexity index is 678. The summed E-state index contributed by atoms with van der Waals surface area (Å²) in [5.41, 5.74) is 2.70. The average Bonchev–Trinajstić information content (AvgIpc) is 2.90. The molecule has 2 heterocycles. The van der Waals surface area contributed by atoms with Crippen molar-refractivity contribution in [2.45, 2.75) is 19.9 Å². The fraction of sp³-hybridized carbons (Fsp3) is 0.556. The summed E-state index contributed by atoms with van der Waals surface area (Å²) in [7, 11) is 6.44. The van der Waals surface area contributed by atoms with Crippen LogP contribution in [0.15, 0.2) is 24.3 Å². The molecule has 1 fully saturated rings. The van der Waals surface area contributed by atoms with Gasteiger partial charge in [-0.2, -0.15) is 0 Å². The number of rotatable bonds is 4. The molecule has 1 aromatic heterocycles. The van der Waals surface area contributed by atoms with E-state index in [1.165, 1.54) is 24.7 Å². The summed E-state index contributed by atoms with van der Waals surface area (Å²) in [6.07, 6.45) is 1.26. The highest BCUT2D eigenvalue weighted by Crippen LogP contribution is 2.30. The van der Waals surface area contributed by atoms with E-state index < -0.39 is 0 Å². The van der Waals surface area contributed by atoms with E-state index >= 15 is 0 Å². The molecule has 0 unspecified atom stereocenters. The lowest BCUT2D eigenvalue weighted by Gasteiger charge is -2.30. The molecule has 1 aliphatic heterocycles. The van der Waals surface area contributed by atoms with E-state index in [1.54, 1.807) is 6.07 Å². The summed E-state index contributed by atoms with van der Waals surface area (Å²) in [5, 5.41) is 0.984. The van der Waals surface area contributed by atoms with Gasteiger partial charge in [-0.25, -0.2) is 4.39 Å². The van der Waals surface area contributed by atoms with E-state index in [2.05, 4.69) is 48.5 Å². The second kappa shape index (κ2) is 5.67. The van der Waals surface area contributed by atoms with Crippen LogP contribution in [0.5, 0.6) is 0 Å². The number of hydrogen-bond acceptors (Lipinski definition) is 2. The van der Waals surface area contributed by atoms with Gasteiger partial charge >= 0.3 is 0 Å². The van der Waals surface area contributed by atoms with Crippen LogP contribution in [-0.2, 0) is 13.6 Å². The molecule has 1 aliphatic rings. The minimum atomic E-state index is -0.167. The Hall–Kier alpha value is -1.39. The fourth-order valence-electron chi connectivity index (χ4n) is 3.91. The predicted molar refractivity (Wildman–Crippen MR) is 89.4 cm³/mol. The molecule has 3 rings (SSSR count). The maximum absolute atomic E-state index is 13.4. The number of halogens is 1. The lowest BCUT2D eigenvalue weighted by atomic mass is 9.89. The van der Waals surface area contributed by atoms with Crippen LogP contribution in [0.4, 0.5) is 4.39 Å². The molecule has 1 atom stereocenters. The smallest absolute Gasteiger partial charge is 0.123 e. The molecule has 4 heteroatoms. The van der Waals surface area contributed by atoms with Gasteiger partial charge in [0.15, 0.2) is 0 Å². The Morgan fingerprint density at radius 1 is 1.27 bits per heavy atom. The Kier molecular flexibility index (Phi) is 4.00. The Morgan fingerprint density at radius 3 is 2.73 bits per heavy atom. The molecule has 0 spiro atoms. The van der Waals surface area contributed by atoms with E-state index in [0.29, 0.717) is 5.41 Å². The van der Waals surface area contributed by atoms with Crippen molar-refractivity contribution in [3.63, 3.8) is 0 Å². The zero-order chi connectivity index (χ0) is 15.9. The summed E-state index contributed by atoms with van der Waals surface area (Å²) in [5.74, 6) is -0.167. The van der Waals surface area contributed by atoms with Gasteiger partial charge in [-0.15, -0.1) is 0 Å². The van der Waals surface area contributed by atoms with Crippen molar-refractivity contribution in [1.29, 1.82) is 0 Å². The summed E-state index contributed by atoms with van der Waals surface area (Å²) >= 11 is 0. The van der Waals surface area contributed by atoms with Crippen LogP contribution in [0, 0.1) is 11.2 Å². The average molecular weight is 303 g/mol. The lowest BCUT2D eigenvalue weighted by molar-refractivity contribution is 0.188. The second-order valence-electron chi connectivity index (χ2n) is 7.37. The van der Waals surface area contributed by atoms with Crippen LogP contribution in [-0.4, -0.2) is 48.1 Å². The first-order valence-electron chi connectivity index (χ1n) is 7.97. The van der Waals surface area contributed by atoms with Gasteiger partial charge in [0.2, 0.25) is 0 Å². The van der Waals surface area contributed by atoms with Crippen LogP contribution >= 0.6 is 0 Å². The standard InChI is InChI=1S/C18H26FN3/c1-18(7-8-20(2)12-18)13-21(3)11-16-10-14-9-15(19)5-6-17(14)22(16)4/h5-6,9-10H,7-8,11-13H2,1-4H3/t18-/m0/s1. The Morgan fingerprint density at radius 2 is 2.05 bits per heavy atom. The molecule has 0 saturated carbocycles. The van der Waals surface area contributed by atoms with Crippen LogP contribution in [0.25, 0.3) is 10.9 Å². The highest BCUT2D eigenvalue weighted by molar-refractivity contribution is 5.81. The number of likely N-dealkylation sites (tertiary alicyclic amines) is 1. The van der Waals surface area contributed by atoms with E-state index in [9.17, 15) is 4.39 Å². The third-order valence-corrected chi connectivity index (χ3v) is 4.94. The monoisotopic (exact) mass is 303 g/mol. The molecule has 1 aromatic carbocycles. The van der Waals surface area contributed by atoms with Crippen molar-refractivity contribution < 1.29 is 4.39 Å². The highest BCUT2D eigenvalue weighted by atomic mass is 19.1. The zero-order valence-corrected chi connectivity index (χ0v) is 14.1. The van der Waals surface area contributed by atoms with Crippen molar-refractivity contribution in [1.82, 2.24) is 14.4 Å². The summed E-state index contributed by atoms with van der Waals surface area (Å²) in [6, 6.07) is 7.12. The van der Waals surface area contributed by atoms with Gasteiger partial charge in [0, 0.05) is 43.3 Å². The van der Waals surface area contributed by atoms with Gasteiger partial charge in [0.1, 0.15) is 5.82 Å². The first kappa shape index (κ1) is 15.5. The molecule has 0 radical (unpaired) electrons. The maximum atomic E-state index is 13.4. The number of hydrogen-bond donors (Lipinski definition) is 0. The first-order chi connectivity index (χ1) is 10.4. The van der Waals surface area contributed by atoms with Crippen molar-refractivity contribution in [3.8, 4) is 0 Å². The van der Waals surface area contributed by atoms with E-state index in [4.69, 9.17) is 0 Å². The van der Waals surface area contributed by atoms with Gasteiger partial charge in [0.05, 0.1) is 0 Å². The SMILES string of the molecule is CN1CC[C@](C)(CN(C)Cc2cc3cc(F)ccc3n2C)C1. The minimum Gasteiger partial charge on any atom is -0.346 e. The second-order valence-corrected chi connectivity index (χ2v) is 7.37. The van der Waals surface area contributed by atoms with Gasteiger partial charge < -0.3 is 14.4 Å². The Balaban J connectivity index is 1.74. The molecule has 120 valence electrons. The molecule has 0 N–H and O–H groups in total. The third-order valence-electron chi connectivity index (χ3n) is 4.94. The first-order valence-corrected chi connectivity index (χ1v) is 7.97. The van der Waals surface area contributed by atoms with Crippen LogP contribution in [0.2, 0.25) is 0 Å². The quantitative estimate of drug-likeness (QED) is 0.860. The molecule has 0 bridgehead atoms. The molecule has 1 saturated heterocycles. The number of benzene rings is 1. The molecular weight excluding hydrogens is 277 g/mol. The zero-order valence-electron chi connectivity index (χ0n) is 14.1. The van der Waals surface area contributed by atoms with Gasteiger partial charge in [0.25, 0.3) is 0 Å². The summed E-state index contributed by atoms with van der Waals surface area (Å²) in [6.45, 7) is 6.72. The molecular formula is C18H26FN3. The van der Waals surface area contributed by atoms with Gasteiger partial charge in [-0.05, 0) is 56.7 Å². The largest absolute Gasteiger partial charge is 0.346 e. The van der Waals surface area contributed by atoms with Crippen LogP contribution in [0.1, 0.15) is 19.0 Å². The van der Waals surface area contributed by atoms with Crippen molar-refractivity contribution in [3.05, 3.63) is 35.8 Å². The molecule has 2 aromatic rings. The third kappa shape index (κ3) is 3.03. The number of aryl methyl sites for hydroxylation is 1. The van der Waals surface area contributed by atoms with Crippen molar-refractivity contribution >= 4 is 10.9 Å². The normalized spacial score (nSPS) is 23.0. The maximum Gasteiger partial charge on any atom is 0.123 e. The van der Waals surface area contributed by atoms with Gasteiger partial charge in [-0.1, -0.05) is 6.92 Å². The minimum absolute atomic E-state index is 0.167. The molecule has 0 amide bonds.